The minimum atomic E-state index is -2.62. The van der Waals surface area contributed by atoms with Crippen LogP contribution in [0.5, 0.6) is 5.75 Å². The molecule has 7 heteroatoms. The lowest BCUT2D eigenvalue weighted by molar-refractivity contribution is 0.0601. The minimum Gasteiger partial charge on any atom is -0.755 e. The minimum absolute atomic E-state index is 0.174. The molecule has 0 fully saturated rings. The van der Waals surface area contributed by atoms with Crippen molar-refractivity contribution in [3.8, 4) is 5.75 Å². The number of aryl methyl sites for hydroxylation is 1. The van der Waals surface area contributed by atoms with Crippen molar-refractivity contribution in [2.24, 2.45) is 0 Å². The van der Waals surface area contributed by atoms with Crippen LogP contribution in [0.1, 0.15) is 15.9 Å². The predicted octanol–water partition coefficient (Wildman–Crippen LogP) is 2.72. The number of esters is 1. The molecule has 1 atom stereocenters. The van der Waals surface area contributed by atoms with Crippen LogP contribution in [0.25, 0.3) is 0 Å². The number of benzene rings is 2. The van der Waals surface area contributed by atoms with E-state index in [-0.39, 0.29) is 11.3 Å². The largest absolute Gasteiger partial charge is 0.755 e. The zero-order chi connectivity index (χ0) is 17.0. The number of anilines is 2. The highest BCUT2D eigenvalue weighted by Gasteiger charge is 2.21. The number of carbonyl (C=O) groups is 1. The summed E-state index contributed by atoms with van der Waals surface area (Å²) in [6.45, 7) is 1.73. The van der Waals surface area contributed by atoms with E-state index >= 15 is 0 Å². The summed E-state index contributed by atoms with van der Waals surface area (Å²) in [5, 5.41) is 0. The van der Waals surface area contributed by atoms with Crippen molar-refractivity contribution >= 4 is 28.6 Å². The van der Waals surface area contributed by atoms with Gasteiger partial charge in [-0.25, -0.2) is 4.79 Å². The number of nitrogens with zero attached hydrogens (tertiary/aromatic N) is 1. The molecule has 2 aromatic carbocycles. The summed E-state index contributed by atoms with van der Waals surface area (Å²) >= 11 is -2.62. The fraction of sp³-hybridized carbons (Fsp3) is 0.188. The average molecular weight is 334 g/mol. The first kappa shape index (κ1) is 17.0. The molecule has 0 aromatic heterocycles. The molecule has 0 bridgehead atoms. The van der Waals surface area contributed by atoms with Gasteiger partial charge in [-0.2, -0.15) is 0 Å². The van der Waals surface area contributed by atoms with Gasteiger partial charge >= 0.3 is 5.97 Å². The molecular formula is C16H16NO5S-. The second-order valence-corrected chi connectivity index (χ2v) is 5.47. The Morgan fingerprint density at radius 3 is 2.30 bits per heavy atom. The Morgan fingerprint density at radius 1 is 1.13 bits per heavy atom. The van der Waals surface area contributed by atoms with E-state index in [1.54, 1.807) is 43.3 Å². The molecule has 1 unspecified atom stereocenters. The van der Waals surface area contributed by atoms with Crippen LogP contribution in [0.15, 0.2) is 42.5 Å². The third kappa shape index (κ3) is 3.52. The summed E-state index contributed by atoms with van der Waals surface area (Å²) < 4.78 is 34.5. The van der Waals surface area contributed by atoms with Gasteiger partial charge in [0.15, 0.2) is 0 Å². The van der Waals surface area contributed by atoms with Crippen LogP contribution in [0.2, 0.25) is 0 Å². The first-order chi connectivity index (χ1) is 11.0. The van der Waals surface area contributed by atoms with Crippen molar-refractivity contribution in [2.45, 2.75) is 6.92 Å². The van der Waals surface area contributed by atoms with Crippen molar-refractivity contribution in [3.63, 3.8) is 0 Å². The second-order valence-electron chi connectivity index (χ2n) is 4.67. The molecule has 0 aliphatic rings. The van der Waals surface area contributed by atoms with Gasteiger partial charge in [0.1, 0.15) is 5.75 Å². The van der Waals surface area contributed by atoms with Gasteiger partial charge in [0.25, 0.3) is 0 Å². The van der Waals surface area contributed by atoms with Crippen molar-refractivity contribution in [1.82, 2.24) is 0 Å². The van der Waals surface area contributed by atoms with Crippen LogP contribution in [-0.4, -0.2) is 29.0 Å². The quantitative estimate of drug-likeness (QED) is 0.620. The summed E-state index contributed by atoms with van der Waals surface area (Å²) in [7, 11) is 2.77. The lowest BCUT2D eigenvalue weighted by atomic mass is 10.1. The monoisotopic (exact) mass is 334 g/mol. The zero-order valence-corrected chi connectivity index (χ0v) is 13.8. The van der Waals surface area contributed by atoms with Gasteiger partial charge in [0.2, 0.25) is 0 Å². The normalized spacial score (nSPS) is 11.7. The molecule has 122 valence electrons. The van der Waals surface area contributed by atoms with Gasteiger partial charge in [0, 0.05) is 0 Å². The summed E-state index contributed by atoms with van der Waals surface area (Å²) in [6, 6.07) is 11.4. The Bertz CT molecular complexity index is 730. The van der Waals surface area contributed by atoms with Crippen molar-refractivity contribution in [1.29, 1.82) is 0 Å². The summed E-state index contributed by atoms with van der Waals surface area (Å²) in [4.78, 5) is 12.0. The van der Waals surface area contributed by atoms with Crippen LogP contribution < -0.4 is 9.04 Å². The Kier molecular flexibility index (Phi) is 5.36. The molecule has 0 radical (unpaired) electrons. The number of para-hydroxylation sites is 1. The molecule has 0 spiro atoms. The van der Waals surface area contributed by atoms with E-state index in [1.807, 2.05) is 0 Å². The topological polar surface area (TPSA) is 78.9 Å². The predicted molar refractivity (Wildman–Crippen MR) is 86.6 cm³/mol. The molecule has 6 nitrogen and oxygen atoms in total. The molecule has 23 heavy (non-hydrogen) atoms. The van der Waals surface area contributed by atoms with E-state index < -0.39 is 17.2 Å². The second kappa shape index (κ2) is 7.26. The number of hydrogen-bond donors (Lipinski definition) is 0. The number of rotatable bonds is 5. The Balaban J connectivity index is 2.62. The van der Waals surface area contributed by atoms with Gasteiger partial charge < -0.3 is 14.0 Å². The molecule has 0 N–H and O–H groups in total. The molecule has 2 rings (SSSR count). The Morgan fingerprint density at radius 2 is 1.78 bits per heavy atom. The van der Waals surface area contributed by atoms with E-state index in [9.17, 15) is 13.6 Å². The lowest BCUT2D eigenvalue weighted by Gasteiger charge is -2.29. The van der Waals surface area contributed by atoms with Gasteiger partial charge in [-0.3, -0.25) is 8.51 Å². The molecule has 0 amide bonds. The molecular weight excluding hydrogens is 318 g/mol. The standard InChI is InChI=1S/C16H17NO5S/c1-11-5-4-6-14(16(18)22-3)15(11)17(23(19)20)12-7-9-13(21-2)10-8-12/h4-10H,1-3H3,(H,19,20)/p-1. The van der Waals surface area contributed by atoms with E-state index in [0.717, 1.165) is 4.31 Å². The number of carbonyl (C=O) groups excluding carboxylic acids is 1. The third-order valence-electron chi connectivity index (χ3n) is 3.30. The van der Waals surface area contributed by atoms with E-state index in [2.05, 4.69) is 0 Å². The third-order valence-corrected chi connectivity index (χ3v) is 3.99. The average Bonchev–Trinajstić information content (AvgIpc) is 2.56. The van der Waals surface area contributed by atoms with Crippen molar-refractivity contribution in [2.75, 3.05) is 18.5 Å². The summed E-state index contributed by atoms with van der Waals surface area (Å²) in [5.74, 6) is -0.00369. The molecule has 0 saturated carbocycles. The highest BCUT2D eigenvalue weighted by Crippen LogP contribution is 2.34. The molecule has 0 aliphatic carbocycles. The maximum atomic E-state index is 12.0. The number of methoxy groups -OCH3 is 2. The van der Waals surface area contributed by atoms with Crippen LogP contribution in [0.4, 0.5) is 11.4 Å². The highest BCUT2D eigenvalue weighted by atomic mass is 32.2. The fourth-order valence-corrected chi connectivity index (χ4v) is 2.90. The van der Waals surface area contributed by atoms with Gasteiger partial charge in [0.05, 0.1) is 42.4 Å². The molecule has 0 aliphatic heterocycles. The van der Waals surface area contributed by atoms with Crippen LogP contribution in [0.3, 0.4) is 0 Å². The SMILES string of the molecule is COC(=O)c1cccc(C)c1N(c1ccc(OC)cc1)S(=O)[O-]. The first-order valence-electron chi connectivity index (χ1n) is 6.71. The molecule has 0 saturated heterocycles. The van der Waals surface area contributed by atoms with Crippen LogP contribution >= 0.6 is 0 Å². The first-order valence-corrected chi connectivity index (χ1v) is 7.74. The van der Waals surface area contributed by atoms with E-state index in [0.29, 0.717) is 17.0 Å². The van der Waals surface area contributed by atoms with Crippen molar-refractivity contribution in [3.05, 3.63) is 53.6 Å². The zero-order valence-electron chi connectivity index (χ0n) is 12.9. The molecule has 0 heterocycles. The summed E-state index contributed by atoms with van der Waals surface area (Å²) in [5.41, 5.74) is 1.46. The fourth-order valence-electron chi connectivity index (χ4n) is 2.21. The molecule has 2 aromatic rings. The maximum absolute atomic E-state index is 12.0. The Hall–Kier alpha value is -2.38. The number of hydrogen-bond acceptors (Lipinski definition) is 5. The van der Waals surface area contributed by atoms with E-state index in [4.69, 9.17) is 9.47 Å². The van der Waals surface area contributed by atoms with E-state index in [1.165, 1.54) is 20.3 Å². The smallest absolute Gasteiger partial charge is 0.340 e. The van der Waals surface area contributed by atoms with Gasteiger partial charge in [-0.15, -0.1) is 0 Å². The Labute approximate surface area is 137 Å². The van der Waals surface area contributed by atoms with Crippen LogP contribution in [0, 0.1) is 6.92 Å². The van der Waals surface area contributed by atoms with Gasteiger partial charge in [-0.1, -0.05) is 12.1 Å². The summed E-state index contributed by atoms with van der Waals surface area (Å²) in [6.07, 6.45) is 0. The lowest BCUT2D eigenvalue weighted by Crippen LogP contribution is -2.23. The number of ether oxygens (including phenoxy) is 2. The maximum Gasteiger partial charge on any atom is 0.340 e. The van der Waals surface area contributed by atoms with Crippen molar-refractivity contribution < 1.29 is 23.0 Å². The highest BCUT2D eigenvalue weighted by molar-refractivity contribution is 7.81. The van der Waals surface area contributed by atoms with Gasteiger partial charge in [-0.05, 0) is 42.8 Å². The van der Waals surface area contributed by atoms with Crippen LogP contribution in [-0.2, 0) is 16.0 Å².